The van der Waals surface area contributed by atoms with E-state index in [4.69, 9.17) is 22.9 Å². The highest BCUT2D eigenvalue weighted by molar-refractivity contribution is 6.30. The predicted octanol–water partition coefficient (Wildman–Crippen LogP) is 4.44. The first-order valence-electron chi connectivity index (χ1n) is 11.1. The molecule has 15 heteroatoms. The van der Waals surface area contributed by atoms with E-state index in [9.17, 15) is 23.2 Å². The van der Waals surface area contributed by atoms with Gasteiger partial charge in [0.2, 0.25) is 5.91 Å². The third-order valence-electron chi connectivity index (χ3n) is 6.14. The Balaban J connectivity index is 1.59. The van der Waals surface area contributed by atoms with Crippen molar-refractivity contribution in [2.75, 3.05) is 18.4 Å². The molecule has 4 rings (SSSR count). The standard InChI is InChI=1S/C23H20ClF3N8O3/c24-14-5-6-15(25)13(19(14)26)8-30-20(36)18-7-23(27,10-31-33-29)11-35(18)22(38)32-16-9-34(21(28)37)17-4-2-1-3-12(16)17/h1-6,9,18H,7-8,10-11H2,(H2,28,37)(H,30,36)(H,32,38)/t18-,23-/m0/s1. The Morgan fingerprint density at radius 3 is 2.68 bits per heavy atom. The molecular weight excluding hydrogens is 529 g/mol. The molecule has 3 aromatic rings. The van der Waals surface area contributed by atoms with E-state index in [0.717, 1.165) is 21.6 Å². The van der Waals surface area contributed by atoms with Crippen LogP contribution >= 0.6 is 11.6 Å². The average Bonchev–Trinajstić information content (AvgIpc) is 3.44. The van der Waals surface area contributed by atoms with Gasteiger partial charge in [0.05, 0.1) is 29.3 Å². The lowest BCUT2D eigenvalue weighted by atomic mass is 10.0. The smallest absolute Gasteiger partial charge is 0.323 e. The molecule has 4 amide bonds. The number of halogens is 4. The SMILES string of the molecule is [N-]=[N+]=NC[C@@]1(F)C[C@@H](C(=O)NCc2c(F)ccc(Cl)c2F)N(C(=O)Nc2cn(C(N)=O)c3ccccc23)C1. The topological polar surface area (TPSA) is 158 Å². The fraction of sp³-hybridized carbons (Fsp3) is 0.261. The number of carbonyl (C=O) groups excluding carboxylic acids is 3. The van der Waals surface area contributed by atoms with E-state index in [-0.39, 0.29) is 10.7 Å². The summed E-state index contributed by atoms with van der Waals surface area (Å²) in [6, 6.07) is 5.35. The van der Waals surface area contributed by atoms with Gasteiger partial charge >= 0.3 is 12.1 Å². The maximum absolute atomic E-state index is 15.5. The number of para-hydroxylation sites is 1. The number of alkyl halides is 1. The van der Waals surface area contributed by atoms with Gasteiger partial charge in [-0.05, 0) is 23.7 Å². The summed E-state index contributed by atoms with van der Waals surface area (Å²) in [6.45, 7) is -1.90. The van der Waals surface area contributed by atoms with Crippen LogP contribution in [0.15, 0.2) is 47.7 Å². The zero-order chi connectivity index (χ0) is 27.6. The molecule has 1 aliphatic rings. The third-order valence-corrected chi connectivity index (χ3v) is 6.43. The van der Waals surface area contributed by atoms with E-state index in [1.165, 1.54) is 6.20 Å². The average molecular weight is 549 g/mol. The molecule has 0 aliphatic carbocycles. The van der Waals surface area contributed by atoms with Gasteiger partial charge < -0.3 is 21.3 Å². The number of aromatic nitrogens is 1. The number of rotatable bonds is 6. The molecule has 11 nitrogen and oxygen atoms in total. The molecule has 1 fully saturated rings. The van der Waals surface area contributed by atoms with Gasteiger partial charge in [-0.15, -0.1) is 0 Å². The summed E-state index contributed by atoms with van der Waals surface area (Å²) in [5.74, 6) is -2.93. The van der Waals surface area contributed by atoms with Crippen molar-refractivity contribution in [2.45, 2.75) is 24.7 Å². The van der Waals surface area contributed by atoms with Crippen LogP contribution < -0.4 is 16.4 Å². The maximum Gasteiger partial charge on any atom is 0.323 e. The lowest BCUT2D eigenvalue weighted by Gasteiger charge is -2.24. The number of fused-ring (bicyclic) bond motifs is 1. The van der Waals surface area contributed by atoms with E-state index < -0.39 is 72.9 Å². The minimum absolute atomic E-state index is 0.165. The molecule has 2 aromatic carbocycles. The Labute approximate surface area is 217 Å². The van der Waals surface area contributed by atoms with Gasteiger partial charge in [-0.25, -0.2) is 22.8 Å². The lowest BCUT2D eigenvalue weighted by Crippen LogP contribution is -2.47. The van der Waals surface area contributed by atoms with Crippen LogP contribution in [0.25, 0.3) is 21.3 Å². The van der Waals surface area contributed by atoms with Crippen LogP contribution in [-0.4, -0.2) is 52.2 Å². The second-order valence-electron chi connectivity index (χ2n) is 8.63. The highest BCUT2D eigenvalue weighted by atomic mass is 35.5. The van der Waals surface area contributed by atoms with Crippen LogP contribution in [0.5, 0.6) is 0 Å². The number of urea groups is 1. The van der Waals surface area contributed by atoms with Gasteiger partial charge in [-0.2, -0.15) is 0 Å². The predicted molar refractivity (Wildman–Crippen MR) is 132 cm³/mol. The first kappa shape index (κ1) is 26.6. The number of benzene rings is 2. The number of anilines is 1. The summed E-state index contributed by atoms with van der Waals surface area (Å²) < 4.78 is 44.9. The Morgan fingerprint density at radius 1 is 1.24 bits per heavy atom. The first-order chi connectivity index (χ1) is 18.0. The van der Waals surface area contributed by atoms with Gasteiger partial charge in [0.15, 0.2) is 0 Å². The number of amides is 4. The summed E-state index contributed by atoms with van der Waals surface area (Å²) in [5, 5.41) is 8.19. The fourth-order valence-electron chi connectivity index (χ4n) is 4.33. The highest BCUT2D eigenvalue weighted by Crippen LogP contribution is 2.33. The van der Waals surface area contributed by atoms with Crippen LogP contribution in [0, 0.1) is 11.6 Å². The number of carbonyl (C=O) groups is 3. The Hall–Kier alpha value is -4.42. The van der Waals surface area contributed by atoms with Gasteiger partial charge in [0, 0.05) is 35.0 Å². The molecule has 0 bridgehead atoms. The van der Waals surface area contributed by atoms with E-state index in [1.807, 2.05) is 0 Å². The summed E-state index contributed by atoms with van der Waals surface area (Å²) >= 11 is 5.68. The Bertz CT molecular complexity index is 1490. The molecule has 0 spiro atoms. The van der Waals surface area contributed by atoms with E-state index >= 15 is 4.39 Å². The van der Waals surface area contributed by atoms with Crippen molar-refractivity contribution >= 4 is 46.2 Å². The van der Waals surface area contributed by atoms with Crippen molar-refractivity contribution in [1.82, 2.24) is 14.8 Å². The second-order valence-corrected chi connectivity index (χ2v) is 9.03. The molecule has 1 aliphatic heterocycles. The molecule has 4 N–H and O–H groups in total. The maximum atomic E-state index is 15.5. The van der Waals surface area contributed by atoms with E-state index in [0.29, 0.717) is 10.9 Å². The van der Waals surface area contributed by atoms with Crippen LogP contribution in [0.3, 0.4) is 0 Å². The number of hydrogen-bond donors (Lipinski definition) is 3. The Kier molecular flexibility index (Phi) is 7.37. The molecule has 0 saturated carbocycles. The van der Waals surface area contributed by atoms with Gasteiger partial charge in [-0.1, -0.05) is 34.9 Å². The normalized spacial score (nSPS) is 18.7. The summed E-state index contributed by atoms with van der Waals surface area (Å²) in [5.41, 5.74) is 11.8. The van der Waals surface area contributed by atoms with Gasteiger partial charge in [0.25, 0.3) is 0 Å². The van der Waals surface area contributed by atoms with E-state index in [1.54, 1.807) is 24.3 Å². The van der Waals surface area contributed by atoms with Gasteiger partial charge in [-0.3, -0.25) is 9.36 Å². The molecule has 0 unspecified atom stereocenters. The van der Waals surface area contributed by atoms with Crippen molar-refractivity contribution in [2.24, 2.45) is 10.8 Å². The fourth-order valence-corrected chi connectivity index (χ4v) is 4.51. The molecule has 2 atom stereocenters. The number of nitrogens with one attached hydrogen (secondary N) is 2. The zero-order valence-corrected chi connectivity index (χ0v) is 20.3. The summed E-state index contributed by atoms with van der Waals surface area (Å²) in [7, 11) is 0. The minimum Gasteiger partial charge on any atom is -0.351 e. The summed E-state index contributed by atoms with van der Waals surface area (Å²) in [6.07, 6.45) is 0.734. The van der Waals surface area contributed by atoms with Crippen molar-refractivity contribution in [3.63, 3.8) is 0 Å². The molecule has 1 aromatic heterocycles. The van der Waals surface area contributed by atoms with Crippen molar-refractivity contribution in [1.29, 1.82) is 0 Å². The summed E-state index contributed by atoms with van der Waals surface area (Å²) in [4.78, 5) is 41.5. The van der Waals surface area contributed by atoms with Crippen LogP contribution in [0.4, 0.5) is 28.4 Å². The largest absolute Gasteiger partial charge is 0.351 e. The molecule has 198 valence electrons. The number of nitrogens with zero attached hydrogens (tertiary/aromatic N) is 5. The zero-order valence-electron chi connectivity index (χ0n) is 19.5. The van der Waals surface area contributed by atoms with Crippen molar-refractivity contribution in [3.8, 4) is 0 Å². The minimum atomic E-state index is -2.25. The quantitative estimate of drug-likeness (QED) is 0.180. The number of azide groups is 1. The molecular formula is C23H20ClF3N8O3. The number of likely N-dealkylation sites (tertiary alicyclic amines) is 1. The van der Waals surface area contributed by atoms with Crippen LogP contribution in [-0.2, 0) is 11.3 Å². The highest BCUT2D eigenvalue weighted by Gasteiger charge is 2.49. The van der Waals surface area contributed by atoms with E-state index in [2.05, 4.69) is 20.7 Å². The lowest BCUT2D eigenvalue weighted by molar-refractivity contribution is -0.124. The molecule has 1 saturated heterocycles. The third kappa shape index (κ3) is 5.17. The monoisotopic (exact) mass is 548 g/mol. The number of primary amides is 1. The Morgan fingerprint density at radius 2 is 1.97 bits per heavy atom. The van der Waals surface area contributed by atoms with Crippen molar-refractivity contribution < 1.29 is 27.6 Å². The van der Waals surface area contributed by atoms with Gasteiger partial charge in [0.1, 0.15) is 23.3 Å². The molecule has 2 heterocycles. The van der Waals surface area contributed by atoms with Crippen LogP contribution in [0.2, 0.25) is 5.02 Å². The van der Waals surface area contributed by atoms with Crippen LogP contribution in [0.1, 0.15) is 12.0 Å². The van der Waals surface area contributed by atoms with Crippen molar-refractivity contribution in [3.05, 3.63) is 75.3 Å². The second kappa shape index (κ2) is 10.5. The number of nitrogens with two attached hydrogens (primary N) is 1. The first-order valence-corrected chi connectivity index (χ1v) is 11.5. The molecule has 38 heavy (non-hydrogen) atoms. The number of hydrogen-bond acceptors (Lipinski definition) is 4. The molecule has 0 radical (unpaired) electrons.